The number of amidine groups is 1. The predicted molar refractivity (Wildman–Crippen MR) is 136 cm³/mol. The van der Waals surface area contributed by atoms with Gasteiger partial charge in [0.25, 0.3) is 0 Å². The maximum atomic E-state index is 13.4. The molecule has 7 heteroatoms. The number of para-hydroxylation sites is 1. The van der Waals surface area contributed by atoms with Crippen LogP contribution >= 0.6 is 11.8 Å². The first-order chi connectivity index (χ1) is 17.1. The maximum absolute atomic E-state index is 13.4. The number of thioether (sulfide) groups is 1. The Morgan fingerprint density at radius 2 is 1.71 bits per heavy atom. The first-order valence-electron chi connectivity index (χ1n) is 11.4. The number of ether oxygens (including phenoxy) is 2. The molecule has 1 atom stereocenters. The number of rotatable bonds is 6. The van der Waals surface area contributed by atoms with Gasteiger partial charge in [-0.1, -0.05) is 72.4 Å². The van der Waals surface area contributed by atoms with Gasteiger partial charge in [0, 0.05) is 12.2 Å². The molecule has 1 amide bonds. The molecule has 0 saturated carbocycles. The fourth-order valence-electron chi connectivity index (χ4n) is 4.15. The van der Waals surface area contributed by atoms with E-state index in [1.54, 1.807) is 11.8 Å². The molecule has 6 nitrogen and oxygen atoms in total. The van der Waals surface area contributed by atoms with Crippen LogP contribution in [0.15, 0.2) is 101 Å². The van der Waals surface area contributed by atoms with E-state index in [0.717, 1.165) is 11.1 Å². The zero-order chi connectivity index (χ0) is 24.2. The molecule has 3 aromatic carbocycles. The normalized spacial score (nSPS) is 17.5. The summed E-state index contributed by atoms with van der Waals surface area (Å²) in [6, 6.07) is 25.8. The van der Waals surface area contributed by atoms with Crippen LogP contribution in [0, 0.1) is 0 Å². The summed E-state index contributed by atoms with van der Waals surface area (Å²) in [6.45, 7) is 1.93. The van der Waals surface area contributed by atoms with Crippen LogP contribution in [0.25, 0.3) is 0 Å². The molecule has 0 bridgehead atoms. The first kappa shape index (κ1) is 22.9. The summed E-state index contributed by atoms with van der Waals surface area (Å²) in [6.07, 6.45) is 0.381. The minimum Gasteiger partial charge on any atom is -0.457 e. The predicted octanol–water partition coefficient (Wildman–Crippen LogP) is 5.87. The molecule has 2 heterocycles. The number of carbonyl (C=O) groups excluding carboxylic acids is 2. The van der Waals surface area contributed by atoms with Crippen molar-refractivity contribution in [1.82, 2.24) is 4.90 Å². The standard InChI is InChI=1S/C28H24N2O4S/c1-19-25(27(32)33-18-20-9-4-2-5-10-20)26(30-24(31)15-16-35-28(30)29-19)21-11-8-14-23(17-21)34-22-12-6-3-7-13-22/h2-14,17,26H,15-16,18H2,1H3/t26-/m1/s1. The molecule has 0 spiro atoms. The molecule has 0 N–H and O–H groups in total. The third kappa shape index (κ3) is 5.00. The van der Waals surface area contributed by atoms with Gasteiger partial charge in [0.15, 0.2) is 5.17 Å². The van der Waals surface area contributed by atoms with Crippen LogP contribution in [-0.4, -0.2) is 27.7 Å². The van der Waals surface area contributed by atoms with Gasteiger partial charge in [-0.15, -0.1) is 0 Å². The Labute approximate surface area is 208 Å². The number of carbonyl (C=O) groups is 2. The zero-order valence-corrected chi connectivity index (χ0v) is 20.0. The van der Waals surface area contributed by atoms with Crippen molar-refractivity contribution >= 4 is 28.8 Å². The summed E-state index contributed by atoms with van der Waals surface area (Å²) in [4.78, 5) is 32.7. The molecule has 176 valence electrons. The van der Waals surface area contributed by atoms with E-state index in [1.165, 1.54) is 11.8 Å². The molecule has 0 aromatic heterocycles. The van der Waals surface area contributed by atoms with Crippen LogP contribution in [0.1, 0.15) is 30.5 Å². The Balaban J connectivity index is 1.50. The van der Waals surface area contributed by atoms with Gasteiger partial charge in [-0.25, -0.2) is 9.79 Å². The Hall–Kier alpha value is -3.84. The second kappa shape index (κ2) is 10.2. The van der Waals surface area contributed by atoms with Gasteiger partial charge in [0.05, 0.1) is 17.3 Å². The highest BCUT2D eigenvalue weighted by Crippen LogP contribution is 2.41. The van der Waals surface area contributed by atoms with Crippen molar-refractivity contribution < 1.29 is 19.1 Å². The summed E-state index contributed by atoms with van der Waals surface area (Å²) >= 11 is 1.52. The number of allylic oxidation sites excluding steroid dienone is 1. The number of esters is 1. The number of hydrogen-bond acceptors (Lipinski definition) is 6. The quantitative estimate of drug-likeness (QED) is 0.409. The number of amides is 1. The summed E-state index contributed by atoms with van der Waals surface area (Å²) in [5, 5.41) is 0.609. The summed E-state index contributed by atoms with van der Waals surface area (Å²) in [7, 11) is 0. The van der Waals surface area contributed by atoms with E-state index >= 15 is 0 Å². The molecule has 0 radical (unpaired) electrons. The van der Waals surface area contributed by atoms with E-state index in [2.05, 4.69) is 4.99 Å². The SMILES string of the molecule is CC1=C(C(=O)OCc2ccccc2)[C@@H](c2cccc(Oc3ccccc3)c2)N2C(=O)CCSC2=N1. The summed E-state index contributed by atoms with van der Waals surface area (Å²) in [5.74, 6) is 1.43. The molecule has 2 aliphatic heterocycles. The Kier molecular flexibility index (Phi) is 6.68. The Bertz CT molecular complexity index is 1300. The average Bonchev–Trinajstić information content (AvgIpc) is 2.88. The molecule has 0 unspecified atom stereocenters. The minimum absolute atomic E-state index is 0.0669. The highest BCUT2D eigenvalue weighted by Gasteiger charge is 2.41. The number of hydrogen-bond donors (Lipinski definition) is 0. The second-order valence-corrected chi connectivity index (χ2v) is 9.27. The van der Waals surface area contributed by atoms with Crippen LogP contribution in [-0.2, 0) is 20.9 Å². The molecule has 0 aliphatic carbocycles. The molecular formula is C28H24N2O4S. The van der Waals surface area contributed by atoms with Crippen LogP contribution < -0.4 is 4.74 Å². The highest BCUT2D eigenvalue weighted by molar-refractivity contribution is 8.14. The highest BCUT2D eigenvalue weighted by atomic mass is 32.2. The van der Waals surface area contributed by atoms with Crippen molar-refractivity contribution in [2.45, 2.75) is 26.0 Å². The van der Waals surface area contributed by atoms with Crippen molar-refractivity contribution in [3.63, 3.8) is 0 Å². The van der Waals surface area contributed by atoms with E-state index < -0.39 is 12.0 Å². The first-order valence-corrected chi connectivity index (χ1v) is 12.4. The van der Waals surface area contributed by atoms with Crippen molar-refractivity contribution in [2.24, 2.45) is 4.99 Å². The fourth-order valence-corrected chi connectivity index (χ4v) is 5.15. The summed E-state index contributed by atoms with van der Waals surface area (Å²) in [5.41, 5.74) is 2.56. The van der Waals surface area contributed by atoms with Crippen molar-refractivity contribution in [2.75, 3.05) is 5.75 Å². The molecule has 35 heavy (non-hydrogen) atoms. The largest absolute Gasteiger partial charge is 0.457 e. The number of nitrogens with zero attached hydrogens (tertiary/aromatic N) is 2. The lowest BCUT2D eigenvalue weighted by Crippen LogP contribution is -2.45. The number of benzene rings is 3. The number of fused-ring (bicyclic) bond motifs is 1. The van der Waals surface area contributed by atoms with E-state index in [1.807, 2.05) is 84.9 Å². The van der Waals surface area contributed by atoms with E-state index in [-0.39, 0.29) is 12.5 Å². The van der Waals surface area contributed by atoms with Gasteiger partial charge in [-0.2, -0.15) is 0 Å². The molecule has 2 aliphatic rings. The van der Waals surface area contributed by atoms with E-state index in [0.29, 0.717) is 40.1 Å². The van der Waals surface area contributed by atoms with Gasteiger partial charge in [-0.05, 0) is 42.3 Å². The smallest absolute Gasteiger partial charge is 0.338 e. The monoisotopic (exact) mass is 484 g/mol. The minimum atomic E-state index is -0.648. The lowest BCUT2D eigenvalue weighted by Gasteiger charge is -2.39. The van der Waals surface area contributed by atoms with Crippen molar-refractivity contribution in [3.05, 3.63) is 107 Å². The lowest BCUT2D eigenvalue weighted by molar-refractivity contribution is -0.141. The Morgan fingerprint density at radius 1 is 1.00 bits per heavy atom. The lowest BCUT2D eigenvalue weighted by atomic mass is 9.94. The molecule has 5 rings (SSSR count). The topological polar surface area (TPSA) is 68.2 Å². The average molecular weight is 485 g/mol. The van der Waals surface area contributed by atoms with Gasteiger partial charge >= 0.3 is 5.97 Å². The van der Waals surface area contributed by atoms with Crippen LogP contribution in [0.2, 0.25) is 0 Å². The van der Waals surface area contributed by atoms with Crippen molar-refractivity contribution in [3.8, 4) is 11.5 Å². The molecule has 1 saturated heterocycles. The molecule has 3 aromatic rings. The van der Waals surface area contributed by atoms with Gasteiger partial charge in [0.1, 0.15) is 18.1 Å². The molecular weight excluding hydrogens is 460 g/mol. The van der Waals surface area contributed by atoms with E-state index in [4.69, 9.17) is 9.47 Å². The summed E-state index contributed by atoms with van der Waals surface area (Å²) < 4.78 is 11.7. The Morgan fingerprint density at radius 3 is 2.49 bits per heavy atom. The van der Waals surface area contributed by atoms with Crippen LogP contribution in [0.3, 0.4) is 0 Å². The van der Waals surface area contributed by atoms with Crippen LogP contribution in [0.4, 0.5) is 0 Å². The second-order valence-electron chi connectivity index (χ2n) is 8.21. The third-order valence-electron chi connectivity index (χ3n) is 5.79. The van der Waals surface area contributed by atoms with E-state index in [9.17, 15) is 9.59 Å². The third-order valence-corrected chi connectivity index (χ3v) is 6.75. The van der Waals surface area contributed by atoms with Crippen LogP contribution in [0.5, 0.6) is 11.5 Å². The van der Waals surface area contributed by atoms with Gasteiger partial charge in [0.2, 0.25) is 5.91 Å². The van der Waals surface area contributed by atoms with Gasteiger partial charge < -0.3 is 9.47 Å². The molecule has 1 fully saturated rings. The van der Waals surface area contributed by atoms with Crippen molar-refractivity contribution in [1.29, 1.82) is 0 Å². The van der Waals surface area contributed by atoms with Gasteiger partial charge in [-0.3, -0.25) is 9.69 Å². The number of aliphatic imine (C=N–C) groups is 1. The fraction of sp³-hybridized carbons (Fsp3) is 0.179. The maximum Gasteiger partial charge on any atom is 0.338 e. The zero-order valence-electron chi connectivity index (χ0n) is 19.2.